The second kappa shape index (κ2) is 7.65. The van der Waals surface area contributed by atoms with Crippen molar-refractivity contribution in [3.63, 3.8) is 0 Å². The Kier molecular flexibility index (Phi) is 5.11. The summed E-state index contributed by atoms with van der Waals surface area (Å²) in [7, 11) is 0. The zero-order valence-electron chi connectivity index (χ0n) is 13.0. The van der Waals surface area contributed by atoms with Crippen LogP contribution >= 0.6 is 0 Å². The van der Waals surface area contributed by atoms with Crippen molar-refractivity contribution in [2.24, 2.45) is 0 Å². The first-order valence-corrected chi connectivity index (χ1v) is 7.86. The van der Waals surface area contributed by atoms with Gasteiger partial charge in [0.1, 0.15) is 5.75 Å². The number of benzene rings is 2. The van der Waals surface area contributed by atoms with Crippen molar-refractivity contribution >= 4 is 17.0 Å². The zero-order valence-corrected chi connectivity index (χ0v) is 13.0. The van der Waals surface area contributed by atoms with Gasteiger partial charge in [0.05, 0.1) is 24.2 Å². The monoisotopic (exact) mass is 311 g/mol. The molecular formula is C18H21N3O2. The van der Waals surface area contributed by atoms with Crippen LogP contribution in [-0.4, -0.2) is 34.4 Å². The van der Waals surface area contributed by atoms with Crippen LogP contribution in [-0.2, 0) is 6.54 Å². The van der Waals surface area contributed by atoms with Gasteiger partial charge in [-0.2, -0.15) is 0 Å². The lowest BCUT2D eigenvalue weighted by molar-refractivity contribution is 0.302. The predicted octanol–water partition coefficient (Wildman–Crippen LogP) is 2.91. The third-order valence-electron chi connectivity index (χ3n) is 3.59. The summed E-state index contributed by atoms with van der Waals surface area (Å²) in [5.74, 6) is 1.68. The number of ether oxygens (including phenoxy) is 1. The Morgan fingerprint density at radius 3 is 2.65 bits per heavy atom. The number of aromatic nitrogens is 2. The second-order valence-corrected chi connectivity index (χ2v) is 5.24. The SMILES string of the molecule is OCCNc1nc2ccccc2n1CCCOc1ccccc1. The van der Waals surface area contributed by atoms with Crippen LogP contribution in [0.1, 0.15) is 6.42 Å². The summed E-state index contributed by atoms with van der Waals surface area (Å²) in [5, 5.41) is 12.2. The number of hydrogen-bond acceptors (Lipinski definition) is 4. The molecule has 1 heterocycles. The number of aliphatic hydroxyl groups is 1. The van der Waals surface area contributed by atoms with Gasteiger partial charge in [-0.05, 0) is 30.7 Å². The molecule has 3 aromatic rings. The normalized spacial score (nSPS) is 10.8. The molecule has 1 aromatic heterocycles. The minimum absolute atomic E-state index is 0.0837. The first kappa shape index (κ1) is 15.4. The number of fused-ring (bicyclic) bond motifs is 1. The number of aliphatic hydroxyl groups excluding tert-OH is 1. The van der Waals surface area contributed by atoms with E-state index in [-0.39, 0.29) is 6.61 Å². The van der Waals surface area contributed by atoms with Gasteiger partial charge in [-0.3, -0.25) is 0 Å². The van der Waals surface area contributed by atoms with E-state index < -0.39 is 0 Å². The molecule has 2 N–H and O–H groups in total. The number of nitrogens with one attached hydrogen (secondary N) is 1. The number of rotatable bonds is 8. The fourth-order valence-corrected chi connectivity index (χ4v) is 2.53. The van der Waals surface area contributed by atoms with Gasteiger partial charge in [0.25, 0.3) is 0 Å². The molecule has 120 valence electrons. The number of aryl methyl sites for hydroxylation is 1. The Morgan fingerprint density at radius 2 is 1.83 bits per heavy atom. The second-order valence-electron chi connectivity index (χ2n) is 5.24. The molecule has 0 fully saturated rings. The van der Waals surface area contributed by atoms with Crippen LogP contribution < -0.4 is 10.1 Å². The number of nitrogens with zero attached hydrogens (tertiary/aromatic N) is 2. The molecule has 0 atom stereocenters. The molecule has 5 nitrogen and oxygen atoms in total. The molecule has 23 heavy (non-hydrogen) atoms. The molecular weight excluding hydrogens is 290 g/mol. The minimum atomic E-state index is 0.0837. The summed E-state index contributed by atoms with van der Waals surface area (Å²) in [6, 6.07) is 17.9. The van der Waals surface area contributed by atoms with Crippen molar-refractivity contribution in [2.75, 3.05) is 25.1 Å². The van der Waals surface area contributed by atoms with Gasteiger partial charge in [0.2, 0.25) is 5.95 Å². The van der Waals surface area contributed by atoms with Crippen LogP contribution in [0.4, 0.5) is 5.95 Å². The highest BCUT2D eigenvalue weighted by molar-refractivity contribution is 5.78. The summed E-state index contributed by atoms with van der Waals surface area (Å²) in [4.78, 5) is 4.59. The van der Waals surface area contributed by atoms with Crippen LogP contribution in [0.15, 0.2) is 54.6 Å². The molecule has 2 aromatic carbocycles. The molecule has 0 spiro atoms. The molecule has 0 radical (unpaired) electrons. The van der Waals surface area contributed by atoms with Crippen molar-refractivity contribution in [1.29, 1.82) is 0 Å². The molecule has 0 unspecified atom stereocenters. The molecule has 5 heteroatoms. The molecule has 0 bridgehead atoms. The zero-order chi connectivity index (χ0) is 15.9. The fraction of sp³-hybridized carbons (Fsp3) is 0.278. The maximum absolute atomic E-state index is 9.01. The maximum Gasteiger partial charge on any atom is 0.203 e. The quantitative estimate of drug-likeness (QED) is 0.628. The smallest absolute Gasteiger partial charge is 0.203 e. The topological polar surface area (TPSA) is 59.3 Å². The Morgan fingerprint density at radius 1 is 1.04 bits per heavy atom. The minimum Gasteiger partial charge on any atom is -0.494 e. The van der Waals surface area contributed by atoms with Gasteiger partial charge in [0.15, 0.2) is 0 Å². The number of imidazole rings is 1. The third kappa shape index (κ3) is 3.81. The van der Waals surface area contributed by atoms with Crippen molar-refractivity contribution in [1.82, 2.24) is 9.55 Å². The van der Waals surface area contributed by atoms with Gasteiger partial charge in [-0.1, -0.05) is 30.3 Å². The predicted molar refractivity (Wildman–Crippen MR) is 91.9 cm³/mol. The van der Waals surface area contributed by atoms with Crippen molar-refractivity contribution in [3.05, 3.63) is 54.6 Å². The lowest BCUT2D eigenvalue weighted by Gasteiger charge is -2.11. The van der Waals surface area contributed by atoms with E-state index in [1.54, 1.807) is 0 Å². The summed E-state index contributed by atoms with van der Waals surface area (Å²) in [6.07, 6.45) is 0.878. The Bertz CT molecular complexity index is 740. The van der Waals surface area contributed by atoms with E-state index in [0.29, 0.717) is 13.2 Å². The number of anilines is 1. The fourth-order valence-electron chi connectivity index (χ4n) is 2.53. The molecule has 0 aliphatic rings. The van der Waals surface area contributed by atoms with E-state index >= 15 is 0 Å². The van der Waals surface area contributed by atoms with Gasteiger partial charge >= 0.3 is 0 Å². The van der Waals surface area contributed by atoms with Crippen LogP contribution in [0.25, 0.3) is 11.0 Å². The van der Waals surface area contributed by atoms with E-state index in [1.807, 2.05) is 48.5 Å². The number of para-hydroxylation sites is 3. The van der Waals surface area contributed by atoms with E-state index in [4.69, 9.17) is 9.84 Å². The standard InChI is InChI=1S/C18H21N3O2/c22-13-11-19-18-20-16-9-4-5-10-17(16)21(18)12-6-14-23-15-7-2-1-3-8-15/h1-5,7-10,22H,6,11-14H2,(H,19,20). The largest absolute Gasteiger partial charge is 0.494 e. The van der Waals surface area contributed by atoms with Crippen molar-refractivity contribution in [3.8, 4) is 5.75 Å². The maximum atomic E-state index is 9.01. The van der Waals surface area contributed by atoms with Crippen molar-refractivity contribution in [2.45, 2.75) is 13.0 Å². The van der Waals surface area contributed by atoms with Gasteiger partial charge in [0, 0.05) is 13.1 Å². The van der Waals surface area contributed by atoms with Crippen LogP contribution in [0.5, 0.6) is 5.75 Å². The lowest BCUT2D eigenvalue weighted by Crippen LogP contribution is -2.12. The summed E-state index contributed by atoms with van der Waals surface area (Å²) in [5.41, 5.74) is 2.05. The first-order valence-electron chi connectivity index (χ1n) is 7.86. The molecule has 0 amide bonds. The van der Waals surface area contributed by atoms with Crippen LogP contribution in [0.3, 0.4) is 0 Å². The average Bonchev–Trinajstić information content (AvgIpc) is 2.95. The van der Waals surface area contributed by atoms with Gasteiger partial charge < -0.3 is 19.7 Å². The Labute approximate surface area is 135 Å². The number of hydrogen-bond donors (Lipinski definition) is 2. The Balaban J connectivity index is 1.66. The molecule has 0 saturated carbocycles. The highest BCUT2D eigenvalue weighted by Gasteiger charge is 2.09. The first-order chi connectivity index (χ1) is 11.4. The van der Waals surface area contributed by atoms with Gasteiger partial charge in [-0.15, -0.1) is 0 Å². The van der Waals surface area contributed by atoms with E-state index in [9.17, 15) is 0 Å². The third-order valence-corrected chi connectivity index (χ3v) is 3.59. The summed E-state index contributed by atoms with van der Waals surface area (Å²) < 4.78 is 7.88. The van der Waals surface area contributed by atoms with Gasteiger partial charge in [-0.25, -0.2) is 4.98 Å². The highest BCUT2D eigenvalue weighted by Crippen LogP contribution is 2.20. The van der Waals surface area contributed by atoms with Crippen LogP contribution in [0.2, 0.25) is 0 Å². The van der Waals surface area contributed by atoms with Crippen LogP contribution in [0, 0.1) is 0 Å². The van der Waals surface area contributed by atoms with E-state index in [0.717, 1.165) is 35.7 Å². The molecule has 3 rings (SSSR count). The van der Waals surface area contributed by atoms with E-state index in [2.05, 4.69) is 20.9 Å². The molecule has 0 aliphatic heterocycles. The van der Waals surface area contributed by atoms with E-state index in [1.165, 1.54) is 0 Å². The summed E-state index contributed by atoms with van der Waals surface area (Å²) in [6.45, 7) is 2.03. The average molecular weight is 311 g/mol. The summed E-state index contributed by atoms with van der Waals surface area (Å²) >= 11 is 0. The molecule has 0 aliphatic carbocycles. The molecule has 0 saturated heterocycles. The van der Waals surface area contributed by atoms with Crippen molar-refractivity contribution < 1.29 is 9.84 Å². The highest BCUT2D eigenvalue weighted by atomic mass is 16.5. The lowest BCUT2D eigenvalue weighted by atomic mass is 10.3. The Hall–Kier alpha value is -2.53.